The van der Waals surface area contributed by atoms with Crippen LogP contribution in [-0.2, 0) is 6.54 Å². The maximum Gasteiger partial charge on any atom is 0.128 e. The van der Waals surface area contributed by atoms with E-state index in [9.17, 15) is 0 Å². The van der Waals surface area contributed by atoms with E-state index in [1.54, 1.807) is 6.20 Å². The lowest BCUT2D eigenvalue weighted by molar-refractivity contribution is 0.415. The lowest BCUT2D eigenvalue weighted by Gasteiger charge is -2.14. The van der Waals surface area contributed by atoms with E-state index < -0.39 is 0 Å². The maximum atomic E-state index is 5.59. The minimum atomic E-state index is -0.217. The van der Waals surface area contributed by atoms with Gasteiger partial charge in [0.25, 0.3) is 0 Å². The standard InChI is InChI=1S/C11H17N5O/c1-3-6-16-9(7-13-15-16)11(14-12)10-5-4-8(2)17-10/h4-5,7,11,14H,3,6,12H2,1-2H3. The van der Waals surface area contributed by atoms with Crippen molar-refractivity contribution in [1.82, 2.24) is 20.4 Å². The molecule has 0 fully saturated rings. The van der Waals surface area contributed by atoms with Crippen LogP contribution in [0.15, 0.2) is 22.7 Å². The molecule has 2 aromatic heterocycles. The number of aromatic nitrogens is 3. The van der Waals surface area contributed by atoms with Gasteiger partial charge in [0.1, 0.15) is 17.6 Å². The van der Waals surface area contributed by atoms with Crippen LogP contribution in [-0.4, -0.2) is 15.0 Å². The quantitative estimate of drug-likeness (QED) is 0.600. The molecule has 17 heavy (non-hydrogen) atoms. The van der Waals surface area contributed by atoms with Gasteiger partial charge in [0.05, 0.1) is 11.9 Å². The highest BCUT2D eigenvalue weighted by atomic mass is 16.3. The Balaban J connectivity index is 2.31. The summed E-state index contributed by atoms with van der Waals surface area (Å²) in [7, 11) is 0. The normalized spacial score (nSPS) is 12.9. The molecule has 6 nitrogen and oxygen atoms in total. The molecule has 0 aliphatic heterocycles. The van der Waals surface area contributed by atoms with Crippen molar-refractivity contribution in [3.05, 3.63) is 35.5 Å². The molecule has 0 amide bonds. The number of rotatable bonds is 5. The third kappa shape index (κ3) is 2.37. The summed E-state index contributed by atoms with van der Waals surface area (Å²) < 4.78 is 7.42. The summed E-state index contributed by atoms with van der Waals surface area (Å²) in [6, 6.07) is 3.60. The van der Waals surface area contributed by atoms with Crippen molar-refractivity contribution in [2.45, 2.75) is 32.9 Å². The second-order valence-corrected chi connectivity index (χ2v) is 3.93. The van der Waals surface area contributed by atoms with Gasteiger partial charge in [-0.05, 0) is 25.5 Å². The molecule has 0 aliphatic rings. The molecule has 3 N–H and O–H groups in total. The number of hydrogen-bond donors (Lipinski definition) is 2. The van der Waals surface area contributed by atoms with E-state index in [0.29, 0.717) is 0 Å². The summed E-state index contributed by atoms with van der Waals surface area (Å²) in [4.78, 5) is 0. The summed E-state index contributed by atoms with van der Waals surface area (Å²) in [5.74, 6) is 7.22. The Kier molecular flexibility index (Phi) is 3.55. The molecule has 0 bridgehead atoms. The van der Waals surface area contributed by atoms with Crippen LogP contribution in [0.25, 0.3) is 0 Å². The predicted octanol–water partition coefficient (Wildman–Crippen LogP) is 1.14. The average Bonchev–Trinajstić information content (AvgIpc) is 2.91. The SMILES string of the molecule is CCCn1nncc1C(NN)c1ccc(C)o1. The topological polar surface area (TPSA) is 81.9 Å². The summed E-state index contributed by atoms with van der Waals surface area (Å²) >= 11 is 0. The predicted molar refractivity (Wildman–Crippen MR) is 62.9 cm³/mol. The summed E-state index contributed by atoms with van der Waals surface area (Å²) in [6.07, 6.45) is 2.70. The average molecular weight is 235 g/mol. The van der Waals surface area contributed by atoms with Gasteiger partial charge in [0.2, 0.25) is 0 Å². The molecule has 0 aromatic carbocycles. The number of hydrazine groups is 1. The second-order valence-electron chi connectivity index (χ2n) is 3.93. The van der Waals surface area contributed by atoms with E-state index in [4.69, 9.17) is 10.3 Å². The molecule has 0 aliphatic carbocycles. The van der Waals surface area contributed by atoms with E-state index in [2.05, 4.69) is 22.7 Å². The highest BCUT2D eigenvalue weighted by Crippen LogP contribution is 2.22. The minimum absolute atomic E-state index is 0.217. The van der Waals surface area contributed by atoms with Gasteiger partial charge in [-0.1, -0.05) is 12.1 Å². The number of nitrogens with zero attached hydrogens (tertiary/aromatic N) is 3. The lowest BCUT2D eigenvalue weighted by Crippen LogP contribution is -2.30. The van der Waals surface area contributed by atoms with Gasteiger partial charge in [-0.2, -0.15) is 0 Å². The van der Waals surface area contributed by atoms with Gasteiger partial charge < -0.3 is 4.42 Å². The first-order valence-electron chi connectivity index (χ1n) is 5.67. The summed E-state index contributed by atoms with van der Waals surface area (Å²) in [6.45, 7) is 4.80. The van der Waals surface area contributed by atoms with Crippen LogP contribution in [0.3, 0.4) is 0 Å². The Morgan fingerprint density at radius 2 is 2.35 bits per heavy atom. The lowest BCUT2D eigenvalue weighted by atomic mass is 10.2. The molecule has 0 saturated heterocycles. The number of hydrogen-bond acceptors (Lipinski definition) is 5. The van der Waals surface area contributed by atoms with E-state index in [0.717, 1.165) is 30.2 Å². The van der Waals surface area contributed by atoms with Gasteiger partial charge in [0, 0.05) is 6.54 Å². The Morgan fingerprint density at radius 1 is 1.53 bits per heavy atom. The first-order chi connectivity index (χ1) is 8.26. The van der Waals surface area contributed by atoms with E-state index in [1.807, 2.05) is 23.7 Å². The number of furan rings is 1. The van der Waals surface area contributed by atoms with Crippen molar-refractivity contribution in [3.8, 4) is 0 Å². The molecular formula is C11H17N5O. The Morgan fingerprint density at radius 3 is 2.94 bits per heavy atom. The third-order valence-electron chi connectivity index (χ3n) is 2.59. The Hall–Kier alpha value is -1.66. The first kappa shape index (κ1) is 11.8. The van der Waals surface area contributed by atoms with Crippen LogP contribution in [0, 0.1) is 6.92 Å². The van der Waals surface area contributed by atoms with Gasteiger partial charge in [-0.15, -0.1) is 5.10 Å². The molecule has 2 aromatic rings. The van der Waals surface area contributed by atoms with Crippen LogP contribution in [0.1, 0.15) is 36.6 Å². The van der Waals surface area contributed by atoms with E-state index in [1.165, 1.54) is 0 Å². The molecule has 0 radical (unpaired) electrons. The fourth-order valence-corrected chi connectivity index (χ4v) is 1.80. The zero-order valence-corrected chi connectivity index (χ0v) is 10.1. The van der Waals surface area contributed by atoms with Gasteiger partial charge in [-0.25, -0.2) is 10.1 Å². The monoisotopic (exact) mass is 235 g/mol. The largest absolute Gasteiger partial charge is 0.464 e. The molecule has 1 unspecified atom stereocenters. The molecule has 0 spiro atoms. The van der Waals surface area contributed by atoms with Crippen LogP contribution in [0.2, 0.25) is 0 Å². The zero-order valence-electron chi connectivity index (χ0n) is 10.1. The zero-order chi connectivity index (χ0) is 12.3. The molecule has 1 atom stereocenters. The summed E-state index contributed by atoms with van der Waals surface area (Å²) in [5.41, 5.74) is 3.64. The summed E-state index contributed by atoms with van der Waals surface area (Å²) in [5, 5.41) is 7.95. The van der Waals surface area contributed by atoms with Crippen molar-refractivity contribution in [2.75, 3.05) is 0 Å². The van der Waals surface area contributed by atoms with Crippen LogP contribution in [0.5, 0.6) is 0 Å². The highest BCUT2D eigenvalue weighted by molar-refractivity contribution is 5.19. The number of nitrogens with one attached hydrogen (secondary N) is 1. The van der Waals surface area contributed by atoms with Gasteiger partial charge >= 0.3 is 0 Å². The Bertz CT molecular complexity index is 476. The third-order valence-corrected chi connectivity index (χ3v) is 2.59. The van der Waals surface area contributed by atoms with E-state index in [-0.39, 0.29) is 6.04 Å². The van der Waals surface area contributed by atoms with Crippen LogP contribution < -0.4 is 11.3 Å². The minimum Gasteiger partial charge on any atom is -0.464 e. The van der Waals surface area contributed by atoms with Crippen molar-refractivity contribution in [1.29, 1.82) is 0 Å². The molecule has 2 heterocycles. The molecule has 92 valence electrons. The van der Waals surface area contributed by atoms with Gasteiger partial charge in [-0.3, -0.25) is 5.84 Å². The van der Waals surface area contributed by atoms with Crippen LogP contribution in [0.4, 0.5) is 0 Å². The molecular weight excluding hydrogens is 218 g/mol. The van der Waals surface area contributed by atoms with Gasteiger partial charge in [0.15, 0.2) is 0 Å². The number of aryl methyl sites for hydroxylation is 2. The highest BCUT2D eigenvalue weighted by Gasteiger charge is 2.20. The van der Waals surface area contributed by atoms with Crippen molar-refractivity contribution < 1.29 is 4.42 Å². The second kappa shape index (κ2) is 5.11. The Labute approximate surface area is 99.8 Å². The number of nitrogens with two attached hydrogens (primary N) is 1. The fourth-order valence-electron chi connectivity index (χ4n) is 1.80. The van der Waals surface area contributed by atoms with Crippen molar-refractivity contribution in [2.24, 2.45) is 5.84 Å². The fraction of sp³-hybridized carbons (Fsp3) is 0.455. The smallest absolute Gasteiger partial charge is 0.128 e. The van der Waals surface area contributed by atoms with Crippen LogP contribution >= 0.6 is 0 Å². The maximum absolute atomic E-state index is 5.59. The molecule has 0 saturated carbocycles. The first-order valence-corrected chi connectivity index (χ1v) is 5.67. The van der Waals surface area contributed by atoms with Crippen molar-refractivity contribution >= 4 is 0 Å². The molecule has 2 rings (SSSR count). The van der Waals surface area contributed by atoms with E-state index >= 15 is 0 Å². The van der Waals surface area contributed by atoms with Crippen molar-refractivity contribution in [3.63, 3.8) is 0 Å². The molecule has 6 heteroatoms.